The Bertz CT molecular complexity index is 445. The summed E-state index contributed by atoms with van der Waals surface area (Å²) in [5.41, 5.74) is 2.84. The fraction of sp³-hybridized carbons (Fsp3) is 0.385. The van der Waals surface area contributed by atoms with Gasteiger partial charge < -0.3 is 0 Å². The molecule has 16 heavy (non-hydrogen) atoms. The summed E-state index contributed by atoms with van der Waals surface area (Å²) in [6.45, 7) is 5.72. The number of hydrogen-bond donors (Lipinski definition) is 0. The average molecular weight is 217 g/mol. The highest BCUT2D eigenvalue weighted by molar-refractivity contribution is 6.20. The van der Waals surface area contributed by atoms with Crippen molar-refractivity contribution in [2.75, 3.05) is 4.90 Å². The largest absolute Gasteiger partial charge is 0.274 e. The van der Waals surface area contributed by atoms with Crippen LogP contribution in [0.1, 0.15) is 24.5 Å². The maximum atomic E-state index is 11.8. The highest BCUT2D eigenvalue weighted by Crippen LogP contribution is 2.27. The van der Waals surface area contributed by atoms with E-state index in [1.165, 1.54) is 4.90 Å². The Morgan fingerprint density at radius 1 is 1.12 bits per heavy atom. The number of hydrogen-bond acceptors (Lipinski definition) is 2. The van der Waals surface area contributed by atoms with E-state index in [1.807, 2.05) is 32.0 Å². The number of carbonyl (C=O) groups excluding carboxylic acids is 2. The normalized spacial score (nSPS) is 20.7. The van der Waals surface area contributed by atoms with Crippen molar-refractivity contribution >= 4 is 17.5 Å². The van der Waals surface area contributed by atoms with Crippen molar-refractivity contribution in [3.05, 3.63) is 29.3 Å². The molecule has 0 radical (unpaired) electrons. The van der Waals surface area contributed by atoms with E-state index in [9.17, 15) is 9.59 Å². The van der Waals surface area contributed by atoms with Crippen LogP contribution in [0.2, 0.25) is 0 Å². The Morgan fingerprint density at radius 2 is 1.69 bits per heavy atom. The van der Waals surface area contributed by atoms with Crippen molar-refractivity contribution in [1.29, 1.82) is 0 Å². The number of amides is 2. The van der Waals surface area contributed by atoms with Crippen LogP contribution in [0.4, 0.5) is 5.69 Å². The minimum atomic E-state index is -0.187. The van der Waals surface area contributed by atoms with E-state index >= 15 is 0 Å². The first-order valence-electron chi connectivity index (χ1n) is 5.44. The van der Waals surface area contributed by atoms with E-state index < -0.39 is 0 Å². The molecule has 0 aliphatic carbocycles. The van der Waals surface area contributed by atoms with Gasteiger partial charge in [-0.15, -0.1) is 0 Å². The van der Waals surface area contributed by atoms with Gasteiger partial charge in [-0.25, -0.2) is 0 Å². The first-order chi connectivity index (χ1) is 7.49. The van der Waals surface area contributed by atoms with Crippen LogP contribution >= 0.6 is 0 Å². The zero-order valence-corrected chi connectivity index (χ0v) is 9.78. The standard InChI is InChI=1S/C13H15NO2/c1-8-4-9(2)6-11(5-8)14-12(15)7-10(3)13(14)16/h4-6,10H,7H2,1-3H3. The van der Waals surface area contributed by atoms with Crippen molar-refractivity contribution in [3.63, 3.8) is 0 Å². The third-order valence-electron chi connectivity index (χ3n) is 2.84. The lowest BCUT2D eigenvalue weighted by atomic mass is 10.1. The molecule has 1 aliphatic heterocycles. The van der Waals surface area contributed by atoms with Crippen LogP contribution in [0.3, 0.4) is 0 Å². The molecular weight excluding hydrogens is 202 g/mol. The van der Waals surface area contributed by atoms with Crippen molar-refractivity contribution < 1.29 is 9.59 Å². The molecule has 0 aromatic heterocycles. The molecule has 2 rings (SSSR count). The highest BCUT2D eigenvalue weighted by Gasteiger charge is 2.36. The van der Waals surface area contributed by atoms with Gasteiger partial charge in [0.1, 0.15) is 0 Å². The topological polar surface area (TPSA) is 37.4 Å². The van der Waals surface area contributed by atoms with Gasteiger partial charge in [0, 0.05) is 12.3 Å². The first kappa shape index (κ1) is 10.9. The Hall–Kier alpha value is -1.64. The summed E-state index contributed by atoms with van der Waals surface area (Å²) in [4.78, 5) is 24.9. The van der Waals surface area contributed by atoms with E-state index in [1.54, 1.807) is 6.92 Å². The second-order valence-electron chi connectivity index (χ2n) is 4.52. The summed E-state index contributed by atoms with van der Waals surface area (Å²) in [5.74, 6) is -0.370. The van der Waals surface area contributed by atoms with Gasteiger partial charge in [0.15, 0.2) is 0 Å². The van der Waals surface area contributed by atoms with Gasteiger partial charge in [-0.2, -0.15) is 0 Å². The quantitative estimate of drug-likeness (QED) is 0.676. The average Bonchev–Trinajstić information content (AvgIpc) is 2.39. The number of anilines is 1. The first-order valence-corrected chi connectivity index (χ1v) is 5.44. The van der Waals surface area contributed by atoms with Gasteiger partial charge in [0.2, 0.25) is 11.8 Å². The fourth-order valence-corrected chi connectivity index (χ4v) is 2.13. The molecule has 84 valence electrons. The predicted molar refractivity (Wildman–Crippen MR) is 62.2 cm³/mol. The van der Waals surface area contributed by atoms with Crippen LogP contribution in [0.5, 0.6) is 0 Å². The summed E-state index contributed by atoms with van der Waals surface area (Å²) in [5, 5.41) is 0. The Labute approximate surface area is 95.1 Å². The van der Waals surface area contributed by atoms with E-state index in [-0.39, 0.29) is 17.7 Å². The van der Waals surface area contributed by atoms with Crippen LogP contribution in [-0.4, -0.2) is 11.8 Å². The third-order valence-corrected chi connectivity index (χ3v) is 2.84. The molecule has 3 nitrogen and oxygen atoms in total. The lowest BCUT2D eigenvalue weighted by Crippen LogP contribution is -2.30. The van der Waals surface area contributed by atoms with Crippen molar-refractivity contribution in [2.45, 2.75) is 27.2 Å². The fourth-order valence-electron chi connectivity index (χ4n) is 2.13. The van der Waals surface area contributed by atoms with E-state index in [0.29, 0.717) is 12.1 Å². The van der Waals surface area contributed by atoms with Gasteiger partial charge in [-0.1, -0.05) is 13.0 Å². The lowest BCUT2D eigenvalue weighted by Gasteiger charge is -2.15. The van der Waals surface area contributed by atoms with Gasteiger partial charge >= 0.3 is 0 Å². The van der Waals surface area contributed by atoms with Gasteiger partial charge in [0.05, 0.1) is 5.69 Å². The number of imide groups is 1. The molecule has 2 amide bonds. The molecule has 1 aromatic rings. The Balaban J connectivity index is 2.44. The van der Waals surface area contributed by atoms with Gasteiger partial charge in [-0.3, -0.25) is 14.5 Å². The summed E-state index contributed by atoms with van der Waals surface area (Å²) < 4.78 is 0. The molecule has 1 heterocycles. The highest BCUT2D eigenvalue weighted by atomic mass is 16.2. The predicted octanol–water partition coefficient (Wildman–Crippen LogP) is 2.20. The van der Waals surface area contributed by atoms with Crippen molar-refractivity contribution in [3.8, 4) is 0 Å². The molecule has 3 heteroatoms. The van der Waals surface area contributed by atoms with Crippen molar-refractivity contribution in [1.82, 2.24) is 0 Å². The molecule has 1 saturated heterocycles. The molecule has 1 aliphatic rings. The minimum absolute atomic E-state index is 0.0880. The third kappa shape index (κ3) is 1.73. The molecule has 0 N–H and O–H groups in total. The molecule has 1 atom stereocenters. The SMILES string of the molecule is Cc1cc(C)cc(N2C(=O)CC(C)C2=O)c1. The monoisotopic (exact) mass is 217 g/mol. The van der Waals surface area contributed by atoms with E-state index in [4.69, 9.17) is 0 Å². The van der Waals surface area contributed by atoms with E-state index in [2.05, 4.69) is 0 Å². The molecule has 1 unspecified atom stereocenters. The molecule has 0 saturated carbocycles. The second-order valence-corrected chi connectivity index (χ2v) is 4.52. The zero-order chi connectivity index (χ0) is 11.9. The number of carbonyl (C=O) groups is 2. The minimum Gasteiger partial charge on any atom is -0.274 e. The number of benzene rings is 1. The summed E-state index contributed by atoms with van der Waals surface area (Å²) in [6.07, 6.45) is 0.325. The molecule has 1 fully saturated rings. The summed E-state index contributed by atoms with van der Waals surface area (Å²) in [6, 6.07) is 5.78. The summed E-state index contributed by atoms with van der Waals surface area (Å²) in [7, 11) is 0. The van der Waals surface area contributed by atoms with Gasteiger partial charge in [0.25, 0.3) is 0 Å². The van der Waals surface area contributed by atoms with Crippen molar-refractivity contribution in [2.24, 2.45) is 5.92 Å². The van der Waals surface area contributed by atoms with E-state index in [0.717, 1.165) is 11.1 Å². The van der Waals surface area contributed by atoms with Crippen LogP contribution in [-0.2, 0) is 9.59 Å². The maximum absolute atomic E-state index is 11.8. The second kappa shape index (κ2) is 3.74. The van der Waals surface area contributed by atoms with Crippen LogP contribution in [0.15, 0.2) is 18.2 Å². The van der Waals surface area contributed by atoms with Gasteiger partial charge in [-0.05, 0) is 37.1 Å². The Kier molecular flexibility index (Phi) is 2.54. The van der Waals surface area contributed by atoms with Crippen LogP contribution in [0.25, 0.3) is 0 Å². The lowest BCUT2D eigenvalue weighted by molar-refractivity contribution is -0.122. The molecule has 0 spiro atoms. The number of rotatable bonds is 1. The smallest absolute Gasteiger partial charge is 0.237 e. The number of nitrogens with zero attached hydrogens (tertiary/aromatic N) is 1. The molecule has 1 aromatic carbocycles. The summed E-state index contributed by atoms with van der Waals surface area (Å²) >= 11 is 0. The maximum Gasteiger partial charge on any atom is 0.237 e. The molecular formula is C13H15NO2. The molecule has 0 bridgehead atoms. The number of aryl methyl sites for hydroxylation is 2. The zero-order valence-electron chi connectivity index (χ0n) is 9.78. The van der Waals surface area contributed by atoms with Crippen LogP contribution < -0.4 is 4.90 Å². The Morgan fingerprint density at radius 3 is 2.12 bits per heavy atom. The van der Waals surface area contributed by atoms with Crippen LogP contribution in [0, 0.1) is 19.8 Å².